The first-order valence-electron chi connectivity index (χ1n) is 13.3. The Morgan fingerprint density at radius 1 is 1.16 bits per heavy atom. The molecule has 0 bridgehead atoms. The van der Waals surface area contributed by atoms with Crippen LogP contribution in [-0.2, 0) is 40.0 Å². The molecule has 5 rings (SSSR count). The molecule has 1 aromatic carbocycles. The number of nitrogens with zero attached hydrogens (tertiary/aromatic N) is 4. The van der Waals surface area contributed by atoms with Crippen LogP contribution in [0.4, 0.5) is 0 Å². The van der Waals surface area contributed by atoms with Crippen LogP contribution in [0.25, 0.3) is 5.78 Å². The summed E-state index contributed by atoms with van der Waals surface area (Å²) in [4.78, 5) is 35.3. The van der Waals surface area contributed by atoms with Gasteiger partial charge in [0, 0.05) is 12.8 Å². The lowest BCUT2D eigenvalue weighted by atomic mass is 9.73. The molecule has 196 valence electrons. The number of aryl methyl sites for hydroxylation is 3. The van der Waals surface area contributed by atoms with E-state index in [1.165, 1.54) is 10.7 Å². The largest absolute Gasteiger partial charge is 0.507 e. The summed E-state index contributed by atoms with van der Waals surface area (Å²) in [7, 11) is 0. The summed E-state index contributed by atoms with van der Waals surface area (Å²) in [5.41, 5.74) is 2.17. The number of hydrogen-bond donors (Lipinski definition) is 1. The van der Waals surface area contributed by atoms with Crippen LogP contribution in [0.3, 0.4) is 0 Å². The van der Waals surface area contributed by atoms with Crippen molar-refractivity contribution in [2.45, 2.75) is 83.7 Å². The summed E-state index contributed by atoms with van der Waals surface area (Å²) in [6, 6.07) is 4.09. The summed E-state index contributed by atoms with van der Waals surface area (Å²) in [6.45, 7) is 4.06. The highest BCUT2D eigenvalue weighted by Crippen LogP contribution is 2.45. The minimum absolute atomic E-state index is 0.0804. The zero-order chi connectivity index (χ0) is 26.2. The van der Waals surface area contributed by atoms with Crippen LogP contribution in [-0.4, -0.2) is 42.0 Å². The fourth-order valence-corrected chi connectivity index (χ4v) is 6.16. The molecule has 0 amide bonds. The molecule has 2 aliphatic rings. The molecule has 0 spiro atoms. The van der Waals surface area contributed by atoms with Crippen LogP contribution >= 0.6 is 11.6 Å². The lowest BCUT2D eigenvalue weighted by Crippen LogP contribution is -2.52. The number of fused-ring (bicyclic) bond motifs is 1. The quantitative estimate of drug-likeness (QED) is 0.331. The smallest absolute Gasteiger partial charge is 0.317 e. The molecule has 1 aliphatic heterocycles. The van der Waals surface area contributed by atoms with Gasteiger partial charge in [0.05, 0.1) is 17.4 Å². The fourth-order valence-electron chi connectivity index (χ4n) is 6.02. The maximum atomic E-state index is 13.5. The average Bonchev–Trinajstić information content (AvgIpc) is 3.56. The Morgan fingerprint density at radius 2 is 1.86 bits per heavy atom. The second-order valence-corrected chi connectivity index (χ2v) is 10.8. The van der Waals surface area contributed by atoms with Crippen molar-refractivity contribution in [2.24, 2.45) is 11.8 Å². The van der Waals surface area contributed by atoms with Gasteiger partial charge in [0.1, 0.15) is 17.3 Å². The van der Waals surface area contributed by atoms with Gasteiger partial charge in [0.15, 0.2) is 11.6 Å². The number of phenols is 1. The Kier molecular flexibility index (Phi) is 7.21. The second-order valence-electron chi connectivity index (χ2n) is 10.4. The van der Waals surface area contributed by atoms with Gasteiger partial charge in [-0.05, 0) is 61.1 Å². The molecule has 1 N–H and O–H groups in total. The number of Topliss-reactive ketones (excluding diaryl/α,β-unsaturated/α-hetero) is 1. The molecular formula is C28H33ClN4O4. The molecule has 9 heteroatoms. The topological polar surface area (TPSA) is 107 Å². The molecule has 2 atom stereocenters. The van der Waals surface area contributed by atoms with Crippen molar-refractivity contribution in [1.82, 2.24) is 19.6 Å². The van der Waals surface area contributed by atoms with Crippen molar-refractivity contribution in [3.8, 4) is 5.75 Å². The number of rotatable bonds is 8. The van der Waals surface area contributed by atoms with Gasteiger partial charge < -0.3 is 9.84 Å². The number of carbonyl (C=O) groups excluding carboxylic acids is 2. The second kappa shape index (κ2) is 10.4. The Morgan fingerprint density at radius 3 is 2.51 bits per heavy atom. The van der Waals surface area contributed by atoms with Crippen molar-refractivity contribution >= 4 is 29.1 Å². The van der Waals surface area contributed by atoms with Crippen molar-refractivity contribution in [3.63, 3.8) is 0 Å². The molecule has 3 heterocycles. The van der Waals surface area contributed by atoms with Crippen LogP contribution in [0.15, 0.2) is 24.5 Å². The van der Waals surface area contributed by atoms with Crippen LogP contribution in [0, 0.1) is 11.8 Å². The van der Waals surface area contributed by atoms with E-state index in [0.717, 1.165) is 55.2 Å². The van der Waals surface area contributed by atoms with Gasteiger partial charge in [0.2, 0.25) is 0 Å². The maximum Gasteiger partial charge on any atom is 0.317 e. The normalized spacial score (nSPS) is 22.6. The van der Waals surface area contributed by atoms with Gasteiger partial charge in [-0.25, -0.2) is 9.50 Å². The zero-order valence-electron chi connectivity index (χ0n) is 21.4. The highest BCUT2D eigenvalue weighted by Gasteiger charge is 2.51. The number of benzene rings is 1. The minimum atomic E-state index is -0.922. The summed E-state index contributed by atoms with van der Waals surface area (Å²) in [6.07, 6.45) is 10.2. The monoisotopic (exact) mass is 524 g/mol. The van der Waals surface area contributed by atoms with Crippen molar-refractivity contribution in [2.75, 3.05) is 0 Å². The SMILES string of the molecule is CCc1cc(CCC2(C3CCCC3)CC(=O)C(Cc3nc4ncc(Cl)cn4n3)C(=O)O2)cc(CC)c1O. The maximum absolute atomic E-state index is 13.5. The number of carbonyl (C=O) groups is 2. The third kappa shape index (κ3) is 5.08. The number of aromatic hydroxyl groups is 1. The van der Waals surface area contributed by atoms with Gasteiger partial charge >= 0.3 is 5.97 Å². The van der Waals surface area contributed by atoms with E-state index in [9.17, 15) is 14.7 Å². The lowest BCUT2D eigenvalue weighted by molar-refractivity contribution is -0.185. The highest BCUT2D eigenvalue weighted by atomic mass is 35.5. The van der Waals surface area contributed by atoms with Crippen LogP contribution in [0.2, 0.25) is 5.02 Å². The van der Waals surface area contributed by atoms with Crippen LogP contribution < -0.4 is 0 Å². The zero-order valence-corrected chi connectivity index (χ0v) is 22.1. The van der Waals surface area contributed by atoms with Gasteiger partial charge in [-0.3, -0.25) is 9.59 Å². The van der Waals surface area contributed by atoms with E-state index in [-0.39, 0.29) is 24.5 Å². The van der Waals surface area contributed by atoms with E-state index < -0.39 is 17.5 Å². The first kappa shape index (κ1) is 25.6. The molecule has 2 aromatic heterocycles. The molecular weight excluding hydrogens is 492 g/mol. The van der Waals surface area contributed by atoms with E-state index in [2.05, 4.69) is 15.1 Å². The molecule has 37 heavy (non-hydrogen) atoms. The molecule has 2 unspecified atom stereocenters. The number of phenolic OH excluding ortho intramolecular Hbond substituents is 1. The number of ether oxygens (including phenoxy) is 1. The van der Waals surface area contributed by atoms with Gasteiger partial charge in [-0.2, -0.15) is 4.98 Å². The van der Waals surface area contributed by atoms with Crippen molar-refractivity contribution < 1.29 is 19.4 Å². The van der Waals surface area contributed by atoms with E-state index in [1.54, 1.807) is 6.20 Å². The van der Waals surface area contributed by atoms with Crippen molar-refractivity contribution in [1.29, 1.82) is 0 Å². The van der Waals surface area contributed by atoms with Gasteiger partial charge in [-0.15, -0.1) is 5.10 Å². The van der Waals surface area contributed by atoms with Crippen LogP contribution in [0.1, 0.15) is 74.9 Å². The van der Waals surface area contributed by atoms with Gasteiger partial charge in [-0.1, -0.05) is 50.4 Å². The van der Waals surface area contributed by atoms with E-state index in [4.69, 9.17) is 16.3 Å². The summed E-state index contributed by atoms with van der Waals surface area (Å²) in [5.74, 6) is -0.238. The highest BCUT2D eigenvalue weighted by molar-refractivity contribution is 6.30. The number of aromatic nitrogens is 4. The predicted molar refractivity (Wildman–Crippen MR) is 139 cm³/mol. The molecule has 8 nitrogen and oxygen atoms in total. The number of esters is 1. The average molecular weight is 525 g/mol. The Hall–Kier alpha value is -3.00. The van der Waals surface area contributed by atoms with E-state index in [1.807, 2.05) is 26.0 Å². The van der Waals surface area contributed by atoms with E-state index >= 15 is 0 Å². The van der Waals surface area contributed by atoms with Crippen molar-refractivity contribution in [3.05, 3.63) is 52.1 Å². The van der Waals surface area contributed by atoms with Crippen LogP contribution in [0.5, 0.6) is 5.75 Å². The third-order valence-corrected chi connectivity index (χ3v) is 8.26. The number of hydrogen-bond acceptors (Lipinski definition) is 7. The summed E-state index contributed by atoms with van der Waals surface area (Å²) in [5, 5.41) is 15.3. The molecule has 1 saturated carbocycles. The Labute approximate surface area is 221 Å². The Balaban J connectivity index is 1.36. The van der Waals surface area contributed by atoms with E-state index in [0.29, 0.717) is 35.2 Å². The molecule has 1 aliphatic carbocycles. The fraction of sp³-hybridized carbons (Fsp3) is 0.536. The number of halogens is 1. The Bertz CT molecular complexity index is 1290. The molecule has 2 fully saturated rings. The third-order valence-electron chi connectivity index (χ3n) is 8.07. The summed E-state index contributed by atoms with van der Waals surface area (Å²) >= 11 is 5.98. The molecule has 1 saturated heterocycles. The molecule has 3 aromatic rings. The minimum Gasteiger partial charge on any atom is -0.507 e. The lowest BCUT2D eigenvalue weighted by Gasteiger charge is -2.43. The predicted octanol–water partition coefficient (Wildman–Crippen LogP) is 4.84. The molecule has 0 radical (unpaired) electrons. The van der Waals surface area contributed by atoms with Gasteiger partial charge in [0.25, 0.3) is 5.78 Å². The summed E-state index contributed by atoms with van der Waals surface area (Å²) < 4.78 is 7.71. The first-order chi connectivity index (χ1) is 17.8. The number of ketones is 1. The number of cyclic esters (lactones) is 1. The first-order valence-corrected chi connectivity index (χ1v) is 13.7. The standard InChI is InChI=1S/C28H33ClN4O4/c1-3-18-11-17(12-19(4-2)25(18)35)9-10-28(20-7-5-6-8-20)14-23(34)22(26(36)37-28)13-24-31-27-30-15-21(29)16-33(27)32-24/h11-12,15-16,20,22,35H,3-10,13-14H2,1-2H3.